The van der Waals surface area contributed by atoms with E-state index in [1.807, 2.05) is 39.8 Å². The van der Waals surface area contributed by atoms with Crippen LogP contribution in [-0.2, 0) is 19.7 Å². The molecule has 2 N–H and O–H groups in total. The summed E-state index contributed by atoms with van der Waals surface area (Å²) < 4.78 is 5.45. The highest BCUT2D eigenvalue weighted by Crippen LogP contribution is 2.36. The van der Waals surface area contributed by atoms with E-state index in [0.717, 1.165) is 17.7 Å². The van der Waals surface area contributed by atoms with Crippen LogP contribution in [0.2, 0.25) is 0 Å². The van der Waals surface area contributed by atoms with E-state index in [1.165, 1.54) is 0 Å². The van der Waals surface area contributed by atoms with Gasteiger partial charge < -0.3 is 20.3 Å². The SMILES string of the molecule is CC(=O)N1CC2(CNC(=O)[C@H](C)CCC[C@H](NC(=O)OC(C)(C)C)c3cc2ccn3)C1. The number of carbonyl (C=O) groups excluding carboxylic acids is 3. The predicted octanol–water partition coefficient (Wildman–Crippen LogP) is 2.68. The second-order valence-corrected chi connectivity index (χ2v) is 9.87. The van der Waals surface area contributed by atoms with Crippen LogP contribution in [-0.4, -0.2) is 53.0 Å². The number of alkyl carbamates (subject to hydrolysis) is 1. The van der Waals surface area contributed by atoms with Gasteiger partial charge in [-0.2, -0.15) is 0 Å². The van der Waals surface area contributed by atoms with Gasteiger partial charge >= 0.3 is 6.09 Å². The lowest BCUT2D eigenvalue weighted by Gasteiger charge is -2.50. The Bertz CT molecular complexity index is 842. The molecule has 0 radical (unpaired) electrons. The van der Waals surface area contributed by atoms with Gasteiger partial charge in [0.15, 0.2) is 0 Å². The highest BCUT2D eigenvalue weighted by Gasteiger charge is 2.46. The number of ether oxygens (including phenoxy) is 1. The first-order chi connectivity index (χ1) is 14.5. The van der Waals surface area contributed by atoms with Crippen molar-refractivity contribution in [2.45, 2.75) is 70.9 Å². The minimum absolute atomic E-state index is 0.0205. The fourth-order valence-electron chi connectivity index (χ4n) is 4.21. The van der Waals surface area contributed by atoms with E-state index in [4.69, 9.17) is 4.74 Å². The molecule has 1 aromatic rings. The molecule has 1 aromatic heterocycles. The summed E-state index contributed by atoms with van der Waals surface area (Å²) in [4.78, 5) is 43.2. The van der Waals surface area contributed by atoms with Crippen LogP contribution in [0.4, 0.5) is 4.79 Å². The molecule has 0 aliphatic carbocycles. The Labute approximate surface area is 184 Å². The molecule has 1 saturated heterocycles. The van der Waals surface area contributed by atoms with Crippen LogP contribution in [0.15, 0.2) is 18.3 Å². The zero-order valence-electron chi connectivity index (χ0n) is 19.2. The van der Waals surface area contributed by atoms with E-state index in [9.17, 15) is 14.4 Å². The smallest absolute Gasteiger partial charge is 0.408 e. The molecule has 2 atom stereocenters. The van der Waals surface area contributed by atoms with Crippen LogP contribution in [0, 0.1) is 5.92 Å². The number of aromatic nitrogens is 1. The topological polar surface area (TPSA) is 101 Å². The minimum atomic E-state index is -0.594. The van der Waals surface area contributed by atoms with Gasteiger partial charge in [0.05, 0.1) is 11.7 Å². The maximum atomic E-state index is 12.6. The average Bonchev–Trinajstić information content (AvgIpc) is 2.63. The highest BCUT2D eigenvalue weighted by atomic mass is 16.6. The standard InChI is InChI=1S/C23H34N4O4/c1-15-7-6-8-18(26-21(30)31-22(3,4)5)19-11-17(9-10-24-19)23(12-25-20(15)29)13-27(14-23)16(2)28/h9-11,15,18H,6-8,12-14H2,1-5H3,(H,25,29)(H,26,30)/t15-,18+/m1/s1. The van der Waals surface area contributed by atoms with Crippen molar-refractivity contribution in [1.82, 2.24) is 20.5 Å². The number of carbonyl (C=O) groups is 3. The molecule has 2 aliphatic rings. The van der Waals surface area contributed by atoms with Gasteiger partial charge in [-0.05, 0) is 51.3 Å². The monoisotopic (exact) mass is 430 g/mol. The average molecular weight is 431 g/mol. The van der Waals surface area contributed by atoms with Crippen molar-refractivity contribution in [3.63, 3.8) is 0 Å². The van der Waals surface area contributed by atoms with Crippen LogP contribution in [0.5, 0.6) is 0 Å². The normalized spacial score (nSPS) is 23.6. The number of fused-ring (bicyclic) bond motifs is 3. The van der Waals surface area contributed by atoms with Crippen LogP contribution in [0.1, 0.15) is 71.2 Å². The number of likely N-dealkylation sites (tertiary alicyclic amines) is 1. The zero-order valence-corrected chi connectivity index (χ0v) is 19.2. The lowest BCUT2D eigenvalue weighted by Crippen LogP contribution is -2.65. The summed E-state index contributed by atoms with van der Waals surface area (Å²) in [7, 11) is 0. The Balaban J connectivity index is 1.91. The molecule has 3 rings (SSSR count). The van der Waals surface area contributed by atoms with Gasteiger partial charge in [0.2, 0.25) is 11.8 Å². The maximum Gasteiger partial charge on any atom is 0.408 e. The lowest BCUT2D eigenvalue weighted by molar-refractivity contribution is -0.136. The van der Waals surface area contributed by atoms with Crippen molar-refractivity contribution < 1.29 is 19.1 Å². The largest absolute Gasteiger partial charge is 0.444 e. The number of amides is 3. The number of nitrogens with zero attached hydrogens (tertiary/aromatic N) is 2. The van der Waals surface area contributed by atoms with Crippen molar-refractivity contribution in [2.24, 2.45) is 5.92 Å². The number of hydrogen-bond donors (Lipinski definition) is 2. The summed E-state index contributed by atoms with van der Waals surface area (Å²) in [5.41, 5.74) is 0.834. The van der Waals surface area contributed by atoms with Crippen molar-refractivity contribution in [2.75, 3.05) is 19.6 Å². The molecule has 170 valence electrons. The van der Waals surface area contributed by atoms with Crippen molar-refractivity contribution in [3.8, 4) is 0 Å². The molecule has 8 heteroatoms. The third-order valence-electron chi connectivity index (χ3n) is 6.05. The van der Waals surface area contributed by atoms with E-state index in [2.05, 4.69) is 15.6 Å². The van der Waals surface area contributed by atoms with Crippen molar-refractivity contribution in [1.29, 1.82) is 0 Å². The highest BCUT2D eigenvalue weighted by molar-refractivity contribution is 5.79. The molecule has 0 saturated carbocycles. The first-order valence-corrected chi connectivity index (χ1v) is 11.0. The summed E-state index contributed by atoms with van der Waals surface area (Å²) in [5, 5.41) is 6.06. The van der Waals surface area contributed by atoms with Gasteiger partial charge in [-0.15, -0.1) is 0 Å². The molecule has 31 heavy (non-hydrogen) atoms. The van der Waals surface area contributed by atoms with Crippen molar-refractivity contribution in [3.05, 3.63) is 29.6 Å². The van der Waals surface area contributed by atoms with E-state index in [0.29, 0.717) is 32.5 Å². The van der Waals surface area contributed by atoms with Crippen molar-refractivity contribution >= 4 is 17.9 Å². The Morgan fingerprint density at radius 3 is 2.65 bits per heavy atom. The van der Waals surface area contributed by atoms with Gasteiger partial charge in [-0.25, -0.2) is 4.79 Å². The van der Waals surface area contributed by atoms with Gasteiger partial charge in [-0.1, -0.05) is 13.3 Å². The Morgan fingerprint density at radius 2 is 2.00 bits per heavy atom. The Hall–Kier alpha value is -2.64. The fraction of sp³-hybridized carbons (Fsp3) is 0.652. The molecule has 1 spiro atoms. The quantitative estimate of drug-likeness (QED) is 0.713. The molecular weight excluding hydrogens is 396 g/mol. The lowest BCUT2D eigenvalue weighted by atomic mass is 9.73. The summed E-state index contributed by atoms with van der Waals surface area (Å²) >= 11 is 0. The van der Waals surface area contributed by atoms with Crippen LogP contribution >= 0.6 is 0 Å². The molecule has 3 amide bonds. The number of pyridine rings is 1. The van der Waals surface area contributed by atoms with Crippen LogP contribution < -0.4 is 10.6 Å². The molecule has 2 aliphatic heterocycles. The van der Waals surface area contributed by atoms with E-state index in [1.54, 1.807) is 18.0 Å². The Kier molecular flexibility index (Phi) is 6.57. The van der Waals surface area contributed by atoms with E-state index in [-0.39, 0.29) is 29.2 Å². The Morgan fingerprint density at radius 1 is 1.29 bits per heavy atom. The zero-order chi connectivity index (χ0) is 22.8. The summed E-state index contributed by atoms with van der Waals surface area (Å²) in [6.45, 7) is 10.5. The fourth-order valence-corrected chi connectivity index (χ4v) is 4.21. The second kappa shape index (κ2) is 8.85. The molecule has 0 unspecified atom stereocenters. The second-order valence-electron chi connectivity index (χ2n) is 9.87. The third kappa shape index (κ3) is 5.54. The molecular formula is C23H34N4O4. The summed E-state index contributed by atoms with van der Waals surface area (Å²) in [6, 6.07) is 3.62. The van der Waals surface area contributed by atoms with Crippen LogP contribution in [0.25, 0.3) is 0 Å². The van der Waals surface area contributed by atoms with Gasteiger partial charge in [0, 0.05) is 44.1 Å². The molecule has 8 nitrogen and oxygen atoms in total. The van der Waals surface area contributed by atoms with E-state index >= 15 is 0 Å². The molecule has 1 fully saturated rings. The minimum Gasteiger partial charge on any atom is -0.444 e. The number of nitrogens with one attached hydrogen (secondary N) is 2. The molecule has 0 aromatic carbocycles. The first-order valence-electron chi connectivity index (χ1n) is 11.0. The summed E-state index contributed by atoms with van der Waals surface area (Å²) in [5.74, 6) is -0.0868. The number of rotatable bonds is 1. The summed E-state index contributed by atoms with van der Waals surface area (Å²) in [6.07, 6.45) is 3.39. The molecule has 3 heterocycles. The van der Waals surface area contributed by atoms with Gasteiger partial charge in [0.25, 0.3) is 0 Å². The number of hydrogen-bond acceptors (Lipinski definition) is 5. The molecule has 2 bridgehead atoms. The first kappa shape index (κ1) is 23.0. The van der Waals surface area contributed by atoms with E-state index < -0.39 is 11.7 Å². The predicted molar refractivity (Wildman–Crippen MR) is 116 cm³/mol. The van der Waals surface area contributed by atoms with Crippen LogP contribution in [0.3, 0.4) is 0 Å². The maximum absolute atomic E-state index is 12.6. The van der Waals surface area contributed by atoms with Gasteiger partial charge in [0.1, 0.15) is 5.60 Å². The third-order valence-corrected chi connectivity index (χ3v) is 6.05. The van der Waals surface area contributed by atoms with Gasteiger partial charge in [-0.3, -0.25) is 14.6 Å².